The fourth-order valence-electron chi connectivity index (χ4n) is 2.10. The zero-order valence-corrected chi connectivity index (χ0v) is 11.0. The zero-order valence-electron chi connectivity index (χ0n) is 11.0. The second-order valence-corrected chi connectivity index (χ2v) is 4.18. The number of hydrogen-bond acceptors (Lipinski definition) is 4. The Labute approximate surface area is 109 Å². The number of rotatable bonds is 3. The molecular weight excluding hydrogens is 252 g/mol. The number of halogens is 2. The van der Waals surface area contributed by atoms with Gasteiger partial charge in [-0.05, 0) is 25.8 Å². The Morgan fingerprint density at radius 1 is 1.32 bits per heavy atom. The molecule has 0 aliphatic heterocycles. The van der Waals surface area contributed by atoms with Gasteiger partial charge in [-0.15, -0.1) is 0 Å². The molecule has 102 valence electrons. The van der Waals surface area contributed by atoms with Crippen molar-refractivity contribution in [1.82, 2.24) is 14.8 Å². The lowest BCUT2D eigenvalue weighted by molar-refractivity contribution is 0.561. The van der Waals surface area contributed by atoms with Crippen LogP contribution < -0.4 is 11.3 Å². The second-order valence-electron chi connectivity index (χ2n) is 4.18. The van der Waals surface area contributed by atoms with E-state index in [-0.39, 0.29) is 11.6 Å². The highest BCUT2D eigenvalue weighted by atomic mass is 19.1. The van der Waals surface area contributed by atoms with Gasteiger partial charge in [0.2, 0.25) is 0 Å². The summed E-state index contributed by atoms with van der Waals surface area (Å²) < 4.78 is 28.5. The summed E-state index contributed by atoms with van der Waals surface area (Å²) in [4.78, 5) is 3.82. The fraction of sp³-hybridized carbons (Fsp3) is 0.333. The summed E-state index contributed by atoms with van der Waals surface area (Å²) in [5.41, 5.74) is 4.69. The third kappa shape index (κ3) is 2.17. The van der Waals surface area contributed by atoms with Gasteiger partial charge in [-0.1, -0.05) is 6.92 Å². The first kappa shape index (κ1) is 13.4. The van der Waals surface area contributed by atoms with Gasteiger partial charge in [-0.2, -0.15) is 5.10 Å². The number of nitrogen functional groups attached to an aromatic ring is 1. The predicted octanol–water partition coefficient (Wildman–Crippen LogP) is 2.01. The van der Waals surface area contributed by atoms with E-state index in [2.05, 4.69) is 15.5 Å². The van der Waals surface area contributed by atoms with Gasteiger partial charge in [-0.25, -0.2) is 24.3 Å². The molecule has 0 saturated carbocycles. The SMILES string of the molecule is CCc1c(C)nn(-c2nc(NN)c(F)cc2F)c1C. The van der Waals surface area contributed by atoms with Gasteiger partial charge in [0, 0.05) is 11.8 Å². The standard InChI is InChI=1S/C12H15F2N5/c1-4-8-6(2)18-19(7(8)3)12-10(14)5-9(13)11(16-12)17-15/h5H,4,15H2,1-3H3,(H,16,17). The highest BCUT2D eigenvalue weighted by Crippen LogP contribution is 2.22. The van der Waals surface area contributed by atoms with Crippen LogP contribution in [0, 0.1) is 25.5 Å². The number of nitrogens with two attached hydrogens (primary N) is 1. The van der Waals surface area contributed by atoms with Crippen molar-refractivity contribution in [3.63, 3.8) is 0 Å². The average molecular weight is 267 g/mol. The maximum absolute atomic E-state index is 13.8. The van der Waals surface area contributed by atoms with E-state index in [4.69, 9.17) is 5.84 Å². The molecule has 0 atom stereocenters. The number of aryl methyl sites for hydroxylation is 1. The van der Waals surface area contributed by atoms with Crippen LogP contribution in [0.1, 0.15) is 23.9 Å². The minimum atomic E-state index is -0.846. The summed E-state index contributed by atoms with van der Waals surface area (Å²) in [6.45, 7) is 5.65. The second kappa shape index (κ2) is 4.93. The molecule has 2 aromatic rings. The quantitative estimate of drug-likeness (QED) is 0.659. The van der Waals surface area contributed by atoms with Crippen LogP contribution >= 0.6 is 0 Å². The minimum Gasteiger partial charge on any atom is -0.306 e. The summed E-state index contributed by atoms with van der Waals surface area (Å²) in [6, 6.07) is 0.736. The molecule has 0 amide bonds. The molecule has 0 saturated heterocycles. The van der Waals surface area contributed by atoms with Crippen molar-refractivity contribution in [2.75, 3.05) is 5.43 Å². The molecule has 0 aliphatic rings. The van der Waals surface area contributed by atoms with Crippen LogP contribution in [-0.2, 0) is 6.42 Å². The Balaban J connectivity index is 2.65. The monoisotopic (exact) mass is 267 g/mol. The summed E-state index contributed by atoms with van der Waals surface area (Å²) in [5, 5.41) is 4.24. The molecule has 2 aromatic heterocycles. The van der Waals surface area contributed by atoms with E-state index in [1.54, 1.807) is 0 Å². The number of pyridine rings is 1. The van der Waals surface area contributed by atoms with Crippen LogP contribution in [0.15, 0.2) is 6.07 Å². The van der Waals surface area contributed by atoms with Crippen molar-refractivity contribution >= 4 is 5.82 Å². The van der Waals surface area contributed by atoms with E-state index in [9.17, 15) is 8.78 Å². The Bertz CT molecular complexity index is 621. The largest absolute Gasteiger partial charge is 0.306 e. The first-order chi connectivity index (χ1) is 8.99. The highest BCUT2D eigenvalue weighted by Gasteiger charge is 2.18. The Kier molecular flexibility index (Phi) is 3.48. The molecule has 7 heteroatoms. The molecule has 0 bridgehead atoms. The number of anilines is 1. The molecule has 2 rings (SSSR count). The van der Waals surface area contributed by atoms with Gasteiger partial charge < -0.3 is 5.43 Å². The van der Waals surface area contributed by atoms with Gasteiger partial charge >= 0.3 is 0 Å². The van der Waals surface area contributed by atoms with E-state index < -0.39 is 11.6 Å². The predicted molar refractivity (Wildman–Crippen MR) is 67.9 cm³/mol. The molecule has 5 nitrogen and oxygen atoms in total. The number of nitrogens with zero attached hydrogens (tertiary/aromatic N) is 3. The van der Waals surface area contributed by atoms with Crippen LogP contribution in [0.3, 0.4) is 0 Å². The van der Waals surface area contributed by atoms with E-state index in [1.165, 1.54) is 4.68 Å². The average Bonchev–Trinajstić information content (AvgIpc) is 2.64. The highest BCUT2D eigenvalue weighted by molar-refractivity contribution is 5.42. The van der Waals surface area contributed by atoms with Crippen LogP contribution in [0.5, 0.6) is 0 Å². The molecule has 0 aliphatic carbocycles. The molecular formula is C12H15F2N5. The van der Waals surface area contributed by atoms with Gasteiger partial charge in [0.25, 0.3) is 0 Å². The van der Waals surface area contributed by atoms with Crippen molar-refractivity contribution in [1.29, 1.82) is 0 Å². The van der Waals surface area contributed by atoms with Gasteiger partial charge in [0.15, 0.2) is 23.3 Å². The van der Waals surface area contributed by atoms with Gasteiger partial charge in [0.1, 0.15) is 0 Å². The Morgan fingerprint density at radius 2 is 2.00 bits per heavy atom. The lowest BCUT2D eigenvalue weighted by atomic mass is 10.1. The number of hydrazine groups is 1. The van der Waals surface area contributed by atoms with Crippen LogP contribution in [-0.4, -0.2) is 14.8 Å². The van der Waals surface area contributed by atoms with Crippen molar-refractivity contribution < 1.29 is 8.78 Å². The van der Waals surface area contributed by atoms with Crippen LogP contribution in [0.2, 0.25) is 0 Å². The molecule has 0 aromatic carbocycles. The normalized spacial score (nSPS) is 10.8. The zero-order chi connectivity index (χ0) is 14.2. The van der Waals surface area contributed by atoms with E-state index >= 15 is 0 Å². The topological polar surface area (TPSA) is 68.8 Å². The van der Waals surface area contributed by atoms with Crippen molar-refractivity contribution in [2.45, 2.75) is 27.2 Å². The number of nitrogens with one attached hydrogen (secondary N) is 1. The van der Waals surface area contributed by atoms with E-state index in [0.29, 0.717) is 0 Å². The molecule has 2 heterocycles. The maximum atomic E-state index is 13.8. The molecule has 3 N–H and O–H groups in total. The van der Waals surface area contributed by atoms with Crippen LogP contribution in [0.25, 0.3) is 5.82 Å². The lowest BCUT2D eigenvalue weighted by Gasteiger charge is -2.08. The molecule has 0 fully saturated rings. The Morgan fingerprint density at radius 3 is 2.53 bits per heavy atom. The molecule has 0 unspecified atom stereocenters. The number of aromatic nitrogens is 3. The first-order valence-electron chi connectivity index (χ1n) is 5.87. The lowest BCUT2D eigenvalue weighted by Crippen LogP contribution is -2.14. The first-order valence-corrected chi connectivity index (χ1v) is 5.87. The molecule has 19 heavy (non-hydrogen) atoms. The van der Waals surface area contributed by atoms with Crippen molar-refractivity contribution in [3.8, 4) is 5.82 Å². The smallest absolute Gasteiger partial charge is 0.192 e. The van der Waals surface area contributed by atoms with E-state index in [1.807, 2.05) is 20.8 Å². The third-order valence-electron chi connectivity index (χ3n) is 3.04. The summed E-state index contributed by atoms with van der Waals surface area (Å²) in [5.74, 6) is 3.21. The molecule has 0 spiro atoms. The van der Waals surface area contributed by atoms with Gasteiger partial charge in [0.05, 0.1) is 5.69 Å². The summed E-state index contributed by atoms with van der Waals surface area (Å²) in [6.07, 6.45) is 0.780. The van der Waals surface area contributed by atoms with Crippen LogP contribution in [0.4, 0.5) is 14.6 Å². The maximum Gasteiger partial charge on any atom is 0.192 e. The fourth-order valence-corrected chi connectivity index (χ4v) is 2.10. The van der Waals surface area contributed by atoms with Crippen molar-refractivity contribution in [2.24, 2.45) is 5.84 Å². The van der Waals surface area contributed by atoms with Gasteiger partial charge in [-0.3, -0.25) is 0 Å². The molecule has 0 radical (unpaired) electrons. The minimum absolute atomic E-state index is 0.0744. The van der Waals surface area contributed by atoms with E-state index in [0.717, 1.165) is 29.4 Å². The number of hydrogen-bond donors (Lipinski definition) is 2. The Hall–Kier alpha value is -2.02. The third-order valence-corrected chi connectivity index (χ3v) is 3.04. The summed E-state index contributed by atoms with van der Waals surface area (Å²) in [7, 11) is 0. The van der Waals surface area contributed by atoms with Crippen molar-refractivity contribution in [3.05, 3.63) is 34.7 Å². The summed E-state index contributed by atoms with van der Waals surface area (Å²) >= 11 is 0.